The average molecular weight is 1740 g/mol. The predicted molar refractivity (Wildman–Crippen MR) is 544 cm³/mol. The van der Waals surface area contributed by atoms with Crippen LogP contribution in [-0.2, 0) is 6.42 Å². The van der Waals surface area contributed by atoms with E-state index in [0.717, 1.165) is 79.0 Å². The van der Waals surface area contributed by atoms with E-state index in [9.17, 15) is 33.6 Å². The molecule has 20 heteroatoms. The molecule has 16 rings (SSSR count). The maximum absolute atomic E-state index is 12.0. The van der Waals surface area contributed by atoms with Gasteiger partial charge in [-0.05, 0) is 237 Å². The van der Waals surface area contributed by atoms with Crippen LogP contribution in [-0.4, -0.2) is 100.0 Å². The Bertz CT molecular complexity index is 5010. The van der Waals surface area contributed by atoms with Crippen molar-refractivity contribution in [3.63, 3.8) is 0 Å². The minimum Gasteiger partial charge on any atom is -0.336 e. The molecule has 20 nitrogen and oxygen atoms in total. The molecule has 0 bridgehead atoms. The number of hydrogen-bond acceptors (Lipinski definition) is 13. The van der Waals surface area contributed by atoms with Gasteiger partial charge in [0.05, 0.1) is 39.3 Å². The summed E-state index contributed by atoms with van der Waals surface area (Å²) in [5.74, 6) is 1.78. The van der Waals surface area contributed by atoms with E-state index in [1.54, 1.807) is 84.5 Å². The summed E-state index contributed by atoms with van der Waals surface area (Å²) in [6, 6.07) is 45.7. The van der Waals surface area contributed by atoms with Crippen LogP contribution in [0.1, 0.15) is 280 Å². The molecular formula is C107H155N13O7. The van der Waals surface area contributed by atoms with Gasteiger partial charge in [0.2, 0.25) is 0 Å². The standard InChI is InChI=1S/C12H15NO.C12H13NO.C12H19N.5C11H12N2O.8C2H6/c2*1-9(2)13-8-7-10-5-3-4-6-11(10)12(13)14;1-10(2)13-8-7-11-5-3-4-6-12(11)9-13;1-8(2)13-6-4-9-7-12-5-3-10(9)11(13)14;1-8(2)13-6-4-9-3-5-12-7-10(9)11(13)14;1-8(2)13-7-5-10-9(11(13)14)4-3-6-12-10;1-8(2)13-7-5-9-4-3-6-12-10(9)11(13)14;1-8(2)13-11(14)10-6-4-3-5-9(10)7-12-13;8*1-2/h3-6,9H,7-8H2,1-2H3;3-9H,1-2H3;3-6,10-12H,7-9H2,1-2H3;5*3-8H,1-2H3;8*1-2H3. The van der Waals surface area contributed by atoms with Crippen molar-refractivity contribution >= 4 is 70.8 Å². The lowest BCUT2D eigenvalue weighted by molar-refractivity contribution is 0.0688. The minimum absolute atomic E-state index is 0.0156. The lowest BCUT2D eigenvalue weighted by Crippen LogP contribution is -2.43. The number of benzene rings is 3. The predicted octanol–water partition coefficient (Wildman–Crippen LogP) is 25.2. The minimum atomic E-state index is -0.0156. The summed E-state index contributed by atoms with van der Waals surface area (Å²) in [6.07, 6.45) is 32.3. The maximum atomic E-state index is 12.0. The molecule has 1 aliphatic carbocycles. The number of rotatable bonds is 8. The van der Waals surface area contributed by atoms with Crippen molar-refractivity contribution in [2.24, 2.45) is 11.8 Å². The zero-order valence-electron chi connectivity index (χ0n) is 83.0. The van der Waals surface area contributed by atoms with Gasteiger partial charge in [0.25, 0.3) is 39.3 Å². The summed E-state index contributed by atoms with van der Waals surface area (Å²) in [7, 11) is 0. The zero-order chi connectivity index (χ0) is 96.2. The zero-order valence-corrected chi connectivity index (χ0v) is 83.0. The molecule has 0 spiro atoms. The summed E-state index contributed by atoms with van der Waals surface area (Å²) in [4.78, 5) is 104. The van der Waals surface area contributed by atoms with Crippen LogP contribution in [0, 0.1) is 11.8 Å². The monoisotopic (exact) mass is 1730 g/mol. The number of pyridine rings is 9. The molecule has 0 N–H and O–H groups in total. The summed E-state index contributed by atoms with van der Waals surface area (Å²) < 4.78 is 10.1. The number of fused-ring (bicyclic) bond motifs is 8. The van der Waals surface area contributed by atoms with E-state index in [0.29, 0.717) is 28.4 Å². The maximum Gasteiger partial charge on any atom is 0.277 e. The Hall–Kier alpha value is -11.6. The number of carbonyl (C=O) groups excluding carboxylic acids is 1. The molecule has 13 aromatic rings. The van der Waals surface area contributed by atoms with Gasteiger partial charge < -0.3 is 32.6 Å². The Balaban J connectivity index is 0.000000709. The highest BCUT2D eigenvalue weighted by Gasteiger charge is 2.28. The Labute approximate surface area is 759 Å². The quantitative estimate of drug-likeness (QED) is 0.138. The molecule has 1 saturated heterocycles. The SMILES string of the molecule is CC.CC.CC.CC.CC.CC.CC.CC.CC(C)N1CCC2C=CC=CC2C1.CC(C)N1CCc2ccccc2C1=O.CC(C)n1ccc2ccccc2c1=O.CC(C)n1ccc2cccnc2c1=O.CC(C)n1ccc2ccncc2c1=O.CC(C)n1ccc2cnccc2c1=O.CC(C)n1ccc2ncccc2c1=O.CC(C)n1ncc2ccccc2c1=O. The fourth-order valence-corrected chi connectivity index (χ4v) is 13.4. The molecule has 1 amide bonds. The highest BCUT2D eigenvalue weighted by Crippen LogP contribution is 2.30. The third-order valence-corrected chi connectivity index (χ3v) is 19.7. The summed E-state index contributed by atoms with van der Waals surface area (Å²) in [5.41, 5.74) is 3.56. The Morgan fingerprint density at radius 2 is 0.717 bits per heavy atom. The normalized spacial score (nSPS) is 12.9. The number of amides is 1. The Kier molecular flexibility index (Phi) is 55.1. The van der Waals surface area contributed by atoms with Gasteiger partial charge in [0.15, 0.2) is 0 Å². The van der Waals surface area contributed by atoms with Crippen LogP contribution >= 0.6 is 0 Å². The van der Waals surface area contributed by atoms with Crippen LogP contribution in [0.3, 0.4) is 0 Å². The van der Waals surface area contributed by atoms with E-state index in [4.69, 9.17) is 0 Å². The lowest BCUT2D eigenvalue weighted by Gasteiger charge is -2.39. The van der Waals surface area contributed by atoms with Crippen molar-refractivity contribution < 1.29 is 4.79 Å². The van der Waals surface area contributed by atoms with Gasteiger partial charge in [-0.15, -0.1) is 0 Å². The number of piperidine rings is 1. The van der Waals surface area contributed by atoms with Crippen LogP contribution in [0.25, 0.3) is 64.9 Å². The number of likely N-dealkylation sites (tertiary alicyclic amines) is 1. The molecule has 690 valence electrons. The molecule has 0 saturated carbocycles. The fourth-order valence-electron chi connectivity index (χ4n) is 13.4. The van der Waals surface area contributed by atoms with Crippen molar-refractivity contribution in [3.05, 3.63) is 311 Å². The Morgan fingerprint density at radius 3 is 1.25 bits per heavy atom. The first-order chi connectivity index (χ1) is 61.2. The second kappa shape index (κ2) is 61.7. The Morgan fingerprint density at radius 1 is 0.315 bits per heavy atom. The highest BCUT2D eigenvalue weighted by atomic mass is 16.2. The third-order valence-electron chi connectivity index (χ3n) is 19.7. The van der Waals surface area contributed by atoms with Gasteiger partial charge in [-0.25, -0.2) is 4.68 Å². The largest absolute Gasteiger partial charge is 0.336 e. The van der Waals surface area contributed by atoms with E-state index in [1.807, 2.05) is 351 Å². The van der Waals surface area contributed by atoms with Gasteiger partial charge in [-0.2, -0.15) is 5.10 Å². The number of allylic oxidation sites excluding steroid dienone is 3. The molecule has 2 aliphatic heterocycles. The van der Waals surface area contributed by atoms with Gasteiger partial charge in [-0.1, -0.05) is 196 Å². The number of nitrogens with zero attached hydrogens (tertiary/aromatic N) is 13. The van der Waals surface area contributed by atoms with Gasteiger partial charge in [0.1, 0.15) is 5.52 Å². The van der Waals surface area contributed by atoms with Crippen molar-refractivity contribution in [2.45, 2.75) is 283 Å². The molecule has 0 radical (unpaired) electrons. The second-order valence-corrected chi connectivity index (χ2v) is 30.0. The van der Waals surface area contributed by atoms with Gasteiger partial charge in [0, 0.05) is 151 Å². The highest BCUT2D eigenvalue weighted by molar-refractivity contribution is 5.97. The molecule has 2 atom stereocenters. The molecule has 3 aliphatic rings. The van der Waals surface area contributed by atoms with Crippen molar-refractivity contribution in [1.29, 1.82) is 0 Å². The summed E-state index contributed by atoms with van der Waals surface area (Å²) >= 11 is 0. The van der Waals surface area contributed by atoms with Crippen molar-refractivity contribution in [3.8, 4) is 0 Å². The second-order valence-electron chi connectivity index (χ2n) is 30.0. The first kappa shape index (κ1) is 113. The van der Waals surface area contributed by atoms with Crippen LogP contribution in [0.15, 0.2) is 267 Å². The van der Waals surface area contributed by atoms with Crippen molar-refractivity contribution in [1.82, 2.24) is 62.4 Å². The van der Waals surface area contributed by atoms with Crippen LogP contribution < -0.4 is 33.4 Å². The molecular weight excluding hydrogens is 1580 g/mol. The summed E-state index contributed by atoms with van der Waals surface area (Å²) in [5, 5.41) is 12.4. The smallest absolute Gasteiger partial charge is 0.277 e. The molecule has 1 fully saturated rings. The van der Waals surface area contributed by atoms with E-state index in [-0.39, 0.29) is 75.5 Å². The van der Waals surface area contributed by atoms with Crippen LogP contribution in [0.5, 0.6) is 0 Å². The van der Waals surface area contributed by atoms with E-state index >= 15 is 0 Å². The molecule has 10 aromatic heterocycles. The summed E-state index contributed by atoms with van der Waals surface area (Å²) in [6.45, 7) is 67.9. The van der Waals surface area contributed by atoms with Gasteiger partial charge in [-0.3, -0.25) is 53.5 Å². The molecule has 3 aromatic carbocycles. The van der Waals surface area contributed by atoms with Crippen LogP contribution in [0.4, 0.5) is 0 Å². The number of aromatic nitrogens is 11. The lowest BCUT2D eigenvalue weighted by atomic mass is 9.82. The molecule has 12 heterocycles. The first-order valence-corrected chi connectivity index (χ1v) is 46.5. The van der Waals surface area contributed by atoms with E-state index in [1.165, 1.54) is 29.8 Å². The molecule has 2 unspecified atom stereocenters. The van der Waals surface area contributed by atoms with E-state index in [2.05, 4.69) is 81.9 Å². The van der Waals surface area contributed by atoms with E-state index < -0.39 is 0 Å². The topological polar surface area (TPSA) is 220 Å². The van der Waals surface area contributed by atoms with Crippen molar-refractivity contribution in [2.75, 3.05) is 19.6 Å². The van der Waals surface area contributed by atoms with Crippen LogP contribution in [0.2, 0.25) is 0 Å². The number of carbonyl (C=O) groups is 1. The fraction of sp³-hybridized carbons (Fsp3) is 0.439. The number of hydrogen-bond donors (Lipinski definition) is 0. The average Bonchev–Trinajstić information content (AvgIpc) is 0.833. The first-order valence-electron chi connectivity index (χ1n) is 46.5. The molecule has 127 heavy (non-hydrogen) atoms. The third kappa shape index (κ3) is 33.3. The van der Waals surface area contributed by atoms with Gasteiger partial charge >= 0.3 is 0 Å².